The van der Waals surface area contributed by atoms with E-state index in [2.05, 4.69) is 42.5 Å². The quantitative estimate of drug-likeness (QED) is 0.0891. The maximum Gasteiger partial charge on any atom is 0.326 e. The van der Waals surface area contributed by atoms with Gasteiger partial charge in [-0.1, -0.05) is 110 Å². The lowest BCUT2D eigenvalue weighted by atomic mass is 9.92. The molecule has 5 aromatic carbocycles. The summed E-state index contributed by atoms with van der Waals surface area (Å²) in [5, 5.41) is 26.8. The van der Waals surface area contributed by atoms with E-state index in [1.54, 1.807) is 55.5 Å². The summed E-state index contributed by atoms with van der Waals surface area (Å²) < 4.78 is 49.5. The number of nitrogens with zero attached hydrogens (tertiary/aromatic N) is 3. The maximum atomic E-state index is 14.9. The Bertz CT molecular complexity index is 2990. The van der Waals surface area contributed by atoms with Gasteiger partial charge in [0.15, 0.2) is 26.9 Å². The lowest BCUT2D eigenvalue weighted by Crippen LogP contribution is -2.55. The molecular formula is C51H49Cl2N5O8S2. The zero-order valence-electron chi connectivity index (χ0n) is 37.7. The summed E-state index contributed by atoms with van der Waals surface area (Å²) in [5.74, 6) is -0.543. The molecule has 13 nitrogen and oxygen atoms in total. The number of carbonyl (C=O) groups excluding carboxylic acids is 1. The highest BCUT2D eigenvalue weighted by atomic mass is 35.5. The number of rotatable bonds is 15. The van der Waals surface area contributed by atoms with E-state index in [1.165, 1.54) is 0 Å². The summed E-state index contributed by atoms with van der Waals surface area (Å²) >= 11 is 13.2. The summed E-state index contributed by atoms with van der Waals surface area (Å²) in [5.41, 5.74) is 6.22. The number of halogens is 2. The predicted molar refractivity (Wildman–Crippen MR) is 262 cm³/mol. The zero-order chi connectivity index (χ0) is 48.3. The molecule has 3 atom stereocenters. The Balaban J connectivity index is 1.03. The van der Waals surface area contributed by atoms with Crippen molar-refractivity contribution in [2.45, 2.75) is 82.5 Å². The molecule has 0 radical (unpaired) electrons. The molecule has 8 rings (SSSR count). The van der Waals surface area contributed by atoms with Crippen LogP contribution in [0.3, 0.4) is 0 Å². The van der Waals surface area contributed by atoms with Crippen molar-refractivity contribution in [1.82, 2.24) is 14.6 Å². The van der Waals surface area contributed by atoms with Crippen molar-refractivity contribution in [3.05, 3.63) is 152 Å². The smallest absolute Gasteiger partial charge is 0.326 e. The Kier molecular flexibility index (Phi) is 14.4. The minimum Gasteiger partial charge on any atom is -0.489 e. The summed E-state index contributed by atoms with van der Waals surface area (Å²) in [6, 6.07) is 30.1. The van der Waals surface area contributed by atoms with Crippen LogP contribution >= 0.6 is 34.5 Å². The number of amides is 1. The molecule has 0 aliphatic carbocycles. The molecule has 68 heavy (non-hydrogen) atoms. The summed E-state index contributed by atoms with van der Waals surface area (Å²) in [6.45, 7) is 8.82. The number of benzene rings is 5. The summed E-state index contributed by atoms with van der Waals surface area (Å²) in [7, 11) is -4.39. The molecule has 1 unspecified atom stereocenters. The first-order valence-electron chi connectivity index (χ1n) is 21.9. The van der Waals surface area contributed by atoms with E-state index >= 15 is 0 Å². The Hall–Kier alpha value is -6.15. The van der Waals surface area contributed by atoms with Gasteiger partial charge in [-0.2, -0.15) is 9.57 Å². The molecule has 0 saturated carbocycles. The standard InChI is InChI=1S/C51H49Cl2N5O8S2/c1-30-49(67-50(56-30)55-20-19-51(2,3)4)68(62,63)58-27-38-25-45-44(65-29-46(66-45)36-14-16-39(17-15-36)64-28-33-9-18-40(52)41(53)21-33)24-37(38)23-43(58)47(59)57-42(48(60)61)22-31-5-10-34(11-6-31)35-12-7-32(26-54)8-13-35/h5-18,21,24-25,42-43,46H,19-20,22-23,27-29H2,1-4H3,(H,55,56)(H,57,59)(H,60,61)/t42-,43?,46+/m0/s1. The predicted octanol–water partition coefficient (Wildman–Crippen LogP) is 10.2. The fourth-order valence-electron chi connectivity index (χ4n) is 7.96. The number of aromatic nitrogens is 1. The number of anilines is 1. The number of thiazole rings is 1. The molecule has 0 bridgehead atoms. The monoisotopic (exact) mass is 993 g/mol. The maximum absolute atomic E-state index is 14.9. The van der Waals surface area contributed by atoms with Crippen LogP contribution in [0.4, 0.5) is 5.13 Å². The lowest BCUT2D eigenvalue weighted by Gasteiger charge is -2.36. The highest BCUT2D eigenvalue weighted by molar-refractivity contribution is 7.91. The van der Waals surface area contributed by atoms with Gasteiger partial charge >= 0.3 is 5.97 Å². The minimum atomic E-state index is -4.39. The first-order chi connectivity index (χ1) is 32.4. The van der Waals surface area contributed by atoms with Crippen LogP contribution in [0.25, 0.3) is 11.1 Å². The number of nitrogens with one attached hydrogen (secondary N) is 2. The van der Waals surface area contributed by atoms with Gasteiger partial charge in [0.1, 0.15) is 31.0 Å². The molecule has 2 aliphatic heterocycles. The number of carbonyl (C=O) groups is 2. The fraction of sp³-hybridized carbons (Fsp3) is 0.294. The topological polar surface area (TPSA) is 180 Å². The molecule has 17 heteroatoms. The molecule has 0 fully saturated rings. The van der Waals surface area contributed by atoms with E-state index in [0.717, 1.165) is 44.3 Å². The second-order valence-corrected chi connectivity index (χ2v) is 21.9. The van der Waals surface area contributed by atoms with Gasteiger partial charge in [-0.25, -0.2) is 18.2 Å². The third-order valence-corrected chi connectivity index (χ3v) is 16.1. The van der Waals surface area contributed by atoms with Crippen molar-refractivity contribution in [3.63, 3.8) is 0 Å². The number of aryl methyl sites for hydroxylation is 1. The number of fused-ring (bicyclic) bond motifs is 2. The molecule has 3 N–H and O–H groups in total. The average molecular weight is 995 g/mol. The number of ether oxygens (including phenoxy) is 3. The van der Waals surface area contributed by atoms with Crippen LogP contribution in [0.15, 0.2) is 107 Å². The Labute approximate surface area is 409 Å². The first-order valence-corrected chi connectivity index (χ1v) is 24.9. The van der Waals surface area contributed by atoms with E-state index < -0.39 is 40.1 Å². The SMILES string of the molecule is Cc1nc(NCCC(C)(C)C)sc1S(=O)(=O)N1Cc2cc3c(cc2CC1C(=O)N[C@@H](Cc1ccc(-c2ccc(C#N)cc2)cc1)C(=O)O)OC[C@H](c1ccc(OCc2ccc(Cl)c(Cl)c2)cc1)O3. The van der Waals surface area contributed by atoms with E-state index in [1.807, 2.05) is 54.6 Å². The van der Waals surface area contributed by atoms with Crippen molar-refractivity contribution in [3.8, 4) is 34.4 Å². The number of hydrogen-bond donors (Lipinski definition) is 3. The van der Waals surface area contributed by atoms with Gasteiger partial charge < -0.3 is 30.0 Å². The summed E-state index contributed by atoms with van der Waals surface area (Å²) in [4.78, 5) is 31.8. The van der Waals surface area contributed by atoms with Crippen LogP contribution in [0.5, 0.6) is 17.2 Å². The number of nitriles is 1. The van der Waals surface area contributed by atoms with E-state index in [0.29, 0.717) is 67.8 Å². The van der Waals surface area contributed by atoms with Gasteiger partial charge in [0.2, 0.25) is 5.91 Å². The lowest BCUT2D eigenvalue weighted by molar-refractivity contribution is -0.142. The van der Waals surface area contributed by atoms with E-state index in [4.69, 9.17) is 42.7 Å². The molecular weight excluding hydrogens is 946 g/mol. The second kappa shape index (κ2) is 20.2. The van der Waals surface area contributed by atoms with Crippen LogP contribution in [-0.2, 0) is 45.6 Å². The largest absolute Gasteiger partial charge is 0.489 e. The Morgan fingerprint density at radius 1 is 0.941 bits per heavy atom. The molecule has 6 aromatic rings. The molecule has 3 heterocycles. The van der Waals surface area contributed by atoms with Crippen LogP contribution in [0.1, 0.15) is 72.4 Å². The van der Waals surface area contributed by atoms with Crippen molar-refractivity contribution >= 4 is 61.6 Å². The number of hydrogen-bond acceptors (Lipinski definition) is 11. The van der Waals surface area contributed by atoms with Crippen molar-refractivity contribution in [2.75, 3.05) is 18.5 Å². The van der Waals surface area contributed by atoms with Crippen LogP contribution < -0.4 is 24.8 Å². The Morgan fingerprint density at radius 3 is 2.28 bits per heavy atom. The number of aliphatic carboxylic acids is 1. The molecule has 1 amide bonds. The third kappa shape index (κ3) is 11.2. The van der Waals surface area contributed by atoms with Crippen LogP contribution in [-0.4, -0.2) is 59.9 Å². The highest BCUT2D eigenvalue weighted by Gasteiger charge is 2.43. The van der Waals surface area contributed by atoms with E-state index in [-0.39, 0.29) is 41.3 Å². The number of carboxylic acid groups (broad SMARTS) is 1. The normalized spacial score (nSPS) is 16.2. The number of sulfonamides is 1. The first kappa shape index (κ1) is 48.3. The van der Waals surface area contributed by atoms with Gasteiger partial charge in [-0.05, 0) is 113 Å². The Morgan fingerprint density at radius 2 is 1.62 bits per heavy atom. The van der Waals surface area contributed by atoms with Gasteiger partial charge in [0, 0.05) is 19.5 Å². The van der Waals surface area contributed by atoms with Crippen molar-refractivity contribution < 1.29 is 37.3 Å². The molecule has 0 saturated heterocycles. The minimum absolute atomic E-state index is 0.0175. The molecule has 352 valence electrons. The van der Waals surface area contributed by atoms with Gasteiger partial charge in [0.05, 0.1) is 27.4 Å². The third-order valence-electron chi connectivity index (χ3n) is 11.8. The molecule has 0 spiro atoms. The second-order valence-electron chi connectivity index (χ2n) is 18.0. The van der Waals surface area contributed by atoms with Gasteiger partial charge in [-0.15, -0.1) is 0 Å². The van der Waals surface area contributed by atoms with Crippen LogP contribution in [0, 0.1) is 23.7 Å². The van der Waals surface area contributed by atoms with Gasteiger partial charge in [0.25, 0.3) is 10.0 Å². The fourth-order valence-corrected chi connectivity index (χ4v) is 11.4. The summed E-state index contributed by atoms with van der Waals surface area (Å²) in [6.07, 6.45) is 0.208. The zero-order valence-corrected chi connectivity index (χ0v) is 40.9. The van der Waals surface area contributed by atoms with E-state index in [9.17, 15) is 23.1 Å². The molecule has 1 aromatic heterocycles. The van der Waals surface area contributed by atoms with Gasteiger partial charge in [-0.3, -0.25) is 4.79 Å². The van der Waals surface area contributed by atoms with Crippen LogP contribution in [0.2, 0.25) is 10.0 Å². The highest BCUT2D eigenvalue weighted by Crippen LogP contribution is 2.43. The van der Waals surface area contributed by atoms with Crippen molar-refractivity contribution in [1.29, 1.82) is 5.26 Å². The van der Waals surface area contributed by atoms with Crippen molar-refractivity contribution in [2.24, 2.45) is 5.41 Å². The number of carboxylic acids is 1. The molecule has 2 aliphatic rings. The average Bonchev–Trinajstić information content (AvgIpc) is 3.70.